The first-order valence-corrected chi connectivity index (χ1v) is 6.95. The molecule has 1 aromatic heterocycles. The molecule has 98 valence electrons. The molecule has 0 aliphatic heterocycles. The molecule has 19 heavy (non-hydrogen) atoms. The summed E-state index contributed by atoms with van der Waals surface area (Å²) in [6.45, 7) is 0.741. The number of nitrogens with zero attached hydrogens (tertiary/aromatic N) is 1. The van der Waals surface area contributed by atoms with E-state index in [-0.39, 0.29) is 5.91 Å². The quantitative estimate of drug-likeness (QED) is 0.872. The highest BCUT2D eigenvalue weighted by atomic mass is 35.5. The van der Waals surface area contributed by atoms with E-state index in [2.05, 4.69) is 10.3 Å². The van der Waals surface area contributed by atoms with Crippen LogP contribution in [0.2, 0.25) is 5.15 Å². The van der Waals surface area contributed by atoms with Gasteiger partial charge in [-0.2, -0.15) is 0 Å². The molecule has 1 saturated carbocycles. The van der Waals surface area contributed by atoms with Crippen LogP contribution in [0.1, 0.15) is 29.8 Å². The van der Waals surface area contributed by atoms with Gasteiger partial charge >= 0.3 is 0 Å². The number of aromatic nitrogens is 1. The van der Waals surface area contributed by atoms with Crippen molar-refractivity contribution in [1.29, 1.82) is 0 Å². The number of pyridine rings is 1. The molecule has 0 saturated heterocycles. The van der Waals surface area contributed by atoms with E-state index in [1.807, 2.05) is 24.3 Å². The summed E-state index contributed by atoms with van der Waals surface area (Å²) in [5.74, 6) is 0.499. The Balaban J connectivity index is 1.81. The van der Waals surface area contributed by atoms with Crippen molar-refractivity contribution in [2.45, 2.75) is 19.3 Å². The fraction of sp³-hybridized carbons (Fsp3) is 0.333. The smallest absolute Gasteiger partial charge is 0.269 e. The molecule has 4 heteroatoms. The molecule has 0 bridgehead atoms. The van der Waals surface area contributed by atoms with Crippen molar-refractivity contribution in [1.82, 2.24) is 10.3 Å². The van der Waals surface area contributed by atoms with Crippen molar-refractivity contribution in [3.8, 4) is 0 Å². The Morgan fingerprint density at radius 1 is 1.37 bits per heavy atom. The van der Waals surface area contributed by atoms with Crippen LogP contribution in [0.15, 0.2) is 30.3 Å². The monoisotopic (exact) mass is 274 g/mol. The lowest BCUT2D eigenvalue weighted by Crippen LogP contribution is -2.32. The molecule has 0 spiro atoms. The van der Waals surface area contributed by atoms with Crippen LogP contribution in [-0.4, -0.2) is 17.4 Å². The van der Waals surface area contributed by atoms with E-state index in [9.17, 15) is 4.79 Å². The highest BCUT2D eigenvalue weighted by Crippen LogP contribution is 2.25. The zero-order chi connectivity index (χ0) is 13.2. The Morgan fingerprint density at radius 2 is 2.16 bits per heavy atom. The van der Waals surface area contributed by atoms with Crippen molar-refractivity contribution < 1.29 is 4.79 Å². The summed E-state index contributed by atoms with van der Waals surface area (Å²) in [7, 11) is 0. The van der Waals surface area contributed by atoms with E-state index in [0.717, 1.165) is 17.3 Å². The topological polar surface area (TPSA) is 42.0 Å². The number of rotatable bonds is 3. The minimum Gasteiger partial charge on any atom is -0.350 e. The molecular formula is C15H15ClN2O. The lowest BCUT2D eigenvalue weighted by Gasteiger charge is -2.25. The van der Waals surface area contributed by atoms with E-state index in [4.69, 9.17) is 11.6 Å². The van der Waals surface area contributed by atoms with E-state index < -0.39 is 0 Å². The summed E-state index contributed by atoms with van der Waals surface area (Å²) >= 11 is 6.12. The number of hydrogen-bond acceptors (Lipinski definition) is 2. The molecule has 1 fully saturated rings. The lowest BCUT2D eigenvalue weighted by molar-refractivity contribution is 0.0934. The first kappa shape index (κ1) is 12.4. The van der Waals surface area contributed by atoms with Gasteiger partial charge in [-0.3, -0.25) is 4.79 Å². The number of nitrogens with one attached hydrogen (secondary N) is 1. The van der Waals surface area contributed by atoms with Crippen LogP contribution in [0.5, 0.6) is 0 Å². The molecule has 0 radical (unpaired) electrons. The minimum atomic E-state index is -0.139. The number of fused-ring (bicyclic) bond motifs is 1. The average molecular weight is 275 g/mol. The van der Waals surface area contributed by atoms with Gasteiger partial charge in [-0.05, 0) is 30.2 Å². The predicted molar refractivity (Wildman–Crippen MR) is 76.4 cm³/mol. The third-order valence-electron chi connectivity index (χ3n) is 3.70. The Hall–Kier alpha value is -1.61. The second-order valence-corrected chi connectivity index (χ2v) is 5.38. The van der Waals surface area contributed by atoms with Gasteiger partial charge in [0.05, 0.1) is 0 Å². The second kappa shape index (κ2) is 5.17. The van der Waals surface area contributed by atoms with E-state index >= 15 is 0 Å². The Kier molecular flexibility index (Phi) is 3.38. The van der Waals surface area contributed by atoms with Crippen LogP contribution < -0.4 is 5.32 Å². The first-order valence-electron chi connectivity index (χ1n) is 6.57. The molecule has 0 unspecified atom stereocenters. The third-order valence-corrected chi connectivity index (χ3v) is 3.99. The van der Waals surface area contributed by atoms with Gasteiger partial charge in [0.1, 0.15) is 10.8 Å². The molecule has 3 rings (SSSR count). The van der Waals surface area contributed by atoms with E-state index in [1.54, 1.807) is 6.07 Å². The molecule has 2 aromatic rings. The highest BCUT2D eigenvalue weighted by Gasteiger charge is 2.19. The number of carbonyl (C=O) groups is 1. The van der Waals surface area contributed by atoms with E-state index in [1.165, 1.54) is 19.3 Å². The summed E-state index contributed by atoms with van der Waals surface area (Å²) in [6, 6.07) is 9.46. The van der Waals surface area contributed by atoms with Crippen LogP contribution in [-0.2, 0) is 0 Å². The molecule has 1 aromatic carbocycles. The first-order chi connectivity index (χ1) is 9.24. The maximum atomic E-state index is 12.1. The van der Waals surface area contributed by atoms with Crippen LogP contribution in [0.4, 0.5) is 0 Å². The largest absolute Gasteiger partial charge is 0.350 e. The average Bonchev–Trinajstić information content (AvgIpc) is 2.36. The zero-order valence-corrected chi connectivity index (χ0v) is 11.3. The number of amides is 1. The van der Waals surface area contributed by atoms with Crippen molar-refractivity contribution in [2.75, 3.05) is 6.54 Å². The second-order valence-electron chi connectivity index (χ2n) is 5.03. The summed E-state index contributed by atoms with van der Waals surface area (Å²) in [5.41, 5.74) is 0.392. The Bertz CT molecular complexity index is 623. The fourth-order valence-corrected chi connectivity index (χ4v) is 2.56. The highest BCUT2D eigenvalue weighted by molar-refractivity contribution is 6.34. The van der Waals surface area contributed by atoms with Crippen molar-refractivity contribution in [2.24, 2.45) is 5.92 Å². The fourth-order valence-electron chi connectivity index (χ4n) is 2.30. The summed E-state index contributed by atoms with van der Waals surface area (Å²) in [4.78, 5) is 16.2. The number of halogens is 1. The molecule has 1 aliphatic rings. The third kappa shape index (κ3) is 2.56. The molecule has 1 aliphatic carbocycles. The summed E-state index contributed by atoms with van der Waals surface area (Å²) in [5, 5.41) is 5.13. The van der Waals surface area contributed by atoms with Gasteiger partial charge in [0.2, 0.25) is 0 Å². The maximum Gasteiger partial charge on any atom is 0.269 e. The lowest BCUT2D eigenvalue weighted by atomic mass is 9.85. The Morgan fingerprint density at radius 3 is 2.89 bits per heavy atom. The van der Waals surface area contributed by atoms with Gasteiger partial charge in [-0.1, -0.05) is 42.3 Å². The van der Waals surface area contributed by atoms with Gasteiger partial charge < -0.3 is 5.32 Å². The number of benzene rings is 1. The summed E-state index contributed by atoms with van der Waals surface area (Å²) < 4.78 is 0. The van der Waals surface area contributed by atoms with Gasteiger partial charge in [0.25, 0.3) is 5.91 Å². The van der Waals surface area contributed by atoms with Crippen LogP contribution in [0.3, 0.4) is 0 Å². The van der Waals surface area contributed by atoms with Crippen molar-refractivity contribution in [3.05, 3.63) is 41.2 Å². The van der Waals surface area contributed by atoms with E-state index in [0.29, 0.717) is 16.8 Å². The van der Waals surface area contributed by atoms with Crippen molar-refractivity contribution in [3.63, 3.8) is 0 Å². The van der Waals surface area contributed by atoms with Crippen LogP contribution in [0, 0.1) is 5.92 Å². The SMILES string of the molecule is O=C(NCC1CCC1)c1cc2ccccc2c(Cl)n1. The van der Waals surface area contributed by atoms with Crippen LogP contribution >= 0.6 is 11.6 Å². The predicted octanol–water partition coefficient (Wildman–Crippen LogP) is 3.42. The summed E-state index contributed by atoms with van der Waals surface area (Å²) in [6.07, 6.45) is 3.71. The Labute approximate surface area is 117 Å². The van der Waals surface area contributed by atoms with Gasteiger partial charge in [0.15, 0.2) is 0 Å². The van der Waals surface area contributed by atoms with Gasteiger partial charge in [-0.25, -0.2) is 4.98 Å². The molecule has 1 N–H and O–H groups in total. The standard InChI is InChI=1S/C15H15ClN2O/c16-14-12-7-2-1-6-11(12)8-13(18-14)15(19)17-9-10-4-3-5-10/h1-2,6-8,10H,3-5,9H2,(H,17,19). The number of hydrogen-bond donors (Lipinski definition) is 1. The zero-order valence-electron chi connectivity index (χ0n) is 10.5. The molecule has 0 atom stereocenters. The van der Waals surface area contributed by atoms with Gasteiger partial charge in [-0.15, -0.1) is 0 Å². The minimum absolute atomic E-state index is 0.139. The normalized spacial score (nSPS) is 15.2. The molecule has 1 amide bonds. The molecule has 1 heterocycles. The van der Waals surface area contributed by atoms with Crippen LogP contribution in [0.25, 0.3) is 10.8 Å². The van der Waals surface area contributed by atoms with Crippen molar-refractivity contribution >= 4 is 28.3 Å². The number of carbonyl (C=O) groups excluding carboxylic acids is 1. The van der Waals surface area contributed by atoms with Gasteiger partial charge in [0, 0.05) is 11.9 Å². The maximum absolute atomic E-state index is 12.1. The molecular weight excluding hydrogens is 260 g/mol. The molecule has 3 nitrogen and oxygen atoms in total.